The van der Waals surface area contributed by atoms with E-state index < -0.39 is 0 Å². The molecule has 0 heterocycles. The number of aromatic hydroxyl groups is 2. The highest BCUT2D eigenvalue weighted by Crippen LogP contribution is 2.36. The van der Waals surface area contributed by atoms with Gasteiger partial charge in [0, 0.05) is 17.2 Å². The van der Waals surface area contributed by atoms with Crippen LogP contribution in [0, 0.1) is 0 Å². The highest BCUT2D eigenvalue weighted by atomic mass is 16.5. The number of benzene rings is 2. The summed E-state index contributed by atoms with van der Waals surface area (Å²) in [5, 5.41) is 19.0. The highest BCUT2D eigenvalue weighted by Gasteiger charge is 2.09. The fourth-order valence-electron chi connectivity index (χ4n) is 1.61. The number of methoxy groups -OCH3 is 1. The first-order valence-electron chi connectivity index (χ1n) is 4.87. The maximum Gasteiger partial charge on any atom is 0.127 e. The maximum atomic E-state index is 9.75. The third kappa shape index (κ3) is 1.80. The summed E-state index contributed by atoms with van der Waals surface area (Å²) in [6.45, 7) is 0. The summed E-state index contributed by atoms with van der Waals surface area (Å²) >= 11 is 0. The molecule has 2 aromatic rings. The molecule has 0 radical (unpaired) electrons. The molecule has 0 aliphatic carbocycles. The summed E-state index contributed by atoms with van der Waals surface area (Å²) in [6, 6.07) is 11.9. The van der Waals surface area contributed by atoms with Gasteiger partial charge >= 0.3 is 0 Å². The van der Waals surface area contributed by atoms with Crippen molar-refractivity contribution < 1.29 is 14.9 Å². The van der Waals surface area contributed by atoms with Gasteiger partial charge in [-0.2, -0.15) is 0 Å². The average Bonchev–Trinajstić information content (AvgIpc) is 2.29. The van der Waals surface area contributed by atoms with Gasteiger partial charge in [-0.1, -0.05) is 18.2 Å². The van der Waals surface area contributed by atoms with Gasteiger partial charge < -0.3 is 14.9 Å². The van der Waals surface area contributed by atoms with E-state index in [9.17, 15) is 10.2 Å². The summed E-state index contributed by atoms with van der Waals surface area (Å²) in [5.41, 5.74) is 1.43. The Morgan fingerprint density at radius 2 is 1.69 bits per heavy atom. The maximum absolute atomic E-state index is 9.75. The molecule has 0 spiro atoms. The van der Waals surface area contributed by atoms with Gasteiger partial charge in [0.05, 0.1) is 7.11 Å². The molecule has 0 unspecified atom stereocenters. The first kappa shape index (κ1) is 10.4. The molecule has 0 aromatic heterocycles. The Kier molecular flexibility index (Phi) is 2.68. The van der Waals surface area contributed by atoms with Crippen molar-refractivity contribution in [2.75, 3.05) is 7.11 Å². The SMILES string of the molecule is COc1ccccc1-c1ccc(O)cc1O. The van der Waals surface area contributed by atoms with Crippen molar-refractivity contribution in [3.63, 3.8) is 0 Å². The molecule has 0 aliphatic heterocycles. The molecule has 0 amide bonds. The van der Waals surface area contributed by atoms with E-state index in [4.69, 9.17) is 4.74 Å². The lowest BCUT2D eigenvalue weighted by Crippen LogP contribution is -1.87. The number of hydrogen-bond acceptors (Lipinski definition) is 3. The van der Waals surface area contributed by atoms with Gasteiger partial charge in [0.2, 0.25) is 0 Å². The molecule has 2 aromatic carbocycles. The summed E-state index contributed by atoms with van der Waals surface area (Å²) in [4.78, 5) is 0. The van der Waals surface area contributed by atoms with Gasteiger partial charge in [-0.05, 0) is 18.2 Å². The lowest BCUT2D eigenvalue weighted by atomic mass is 10.0. The largest absolute Gasteiger partial charge is 0.508 e. The number of rotatable bonds is 2. The van der Waals surface area contributed by atoms with E-state index in [1.165, 1.54) is 12.1 Å². The Hall–Kier alpha value is -2.16. The monoisotopic (exact) mass is 216 g/mol. The zero-order chi connectivity index (χ0) is 11.5. The van der Waals surface area contributed by atoms with E-state index in [0.717, 1.165) is 5.56 Å². The number of phenols is 2. The van der Waals surface area contributed by atoms with Crippen molar-refractivity contribution in [1.82, 2.24) is 0 Å². The lowest BCUT2D eigenvalue weighted by Gasteiger charge is -2.09. The second-order valence-corrected chi connectivity index (χ2v) is 3.40. The zero-order valence-corrected chi connectivity index (χ0v) is 8.84. The number of ether oxygens (including phenoxy) is 1. The van der Waals surface area contributed by atoms with Crippen LogP contribution in [0.4, 0.5) is 0 Å². The predicted octanol–water partition coefficient (Wildman–Crippen LogP) is 2.77. The molecule has 0 aliphatic rings. The molecule has 0 saturated heterocycles. The van der Waals surface area contributed by atoms with Gasteiger partial charge in [0.1, 0.15) is 17.2 Å². The van der Waals surface area contributed by atoms with E-state index in [1.54, 1.807) is 13.2 Å². The molecule has 16 heavy (non-hydrogen) atoms. The number of para-hydroxylation sites is 1. The minimum Gasteiger partial charge on any atom is -0.508 e. The van der Waals surface area contributed by atoms with Crippen LogP contribution in [0.3, 0.4) is 0 Å². The van der Waals surface area contributed by atoms with Crippen LogP contribution < -0.4 is 4.74 Å². The third-order valence-electron chi connectivity index (χ3n) is 2.38. The van der Waals surface area contributed by atoms with E-state index in [1.807, 2.05) is 24.3 Å². The molecular weight excluding hydrogens is 204 g/mol. The summed E-state index contributed by atoms with van der Waals surface area (Å²) in [6.07, 6.45) is 0. The number of phenolic OH excluding ortho intramolecular Hbond substituents is 2. The topological polar surface area (TPSA) is 49.7 Å². The van der Waals surface area contributed by atoms with Gasteiger partial charge in [0.25, 0.3) is 0 Å². The quantitative estimate of drug-likeness (QED) is 0.811. The fraction of sp³-hybridized carbons (Fsp3) is 0.0769. The molecule has 0 bridgehead atoms. The molecule has 82 valence electrons. The van der Waals surface area contributed by atoms with Crippen LogP contribution >= 0.6 is 0 Å². The van der Waals surface area contributed by atoms with Crippen molar-refractivity contribution in [1.29, 1.82) is 0 Å². The third-order valence-corrected chi connectivity index (χ3v) is 2.38. The van der Waals surface area contributed by atoms with Crippen LogP contribution in [0.5, 0.6) is 17.2 Å². The highest BCUT2D eigenvalue weighted by molar-refractivity contribution is 5.76. The Morgan fingerprint density at radius 1 is 0.938 bits per heavy atom. The second-order valence-electron chi connectivity index (χ2n) is 3.40. The zero-order valence-electron chi connectivity index (χ0n) is 8.84. The first-order valence-corrected chi connectivity index (χ1v) is 4.87. The molecule has 2 N–H and O–H groups in total. The molecule has 0 saturated carbocycles. The molecule has 3 nitrogen and oxygen atoms in total. The van der Waals surface area contributed by atoms with Crippen LogP contribution in [-0.2, 0) is 0 Å². The Morgan fingerprint density at radius 3 is 2.38 bits per heavy atom. The smallest absolute Gasteiger partial charge is 0.127 e. The Balaban J connectivity index is 2.58. The molecule has 0 fully saturated rings. The number of hydrogen-bond donors (Lipinski definition) is 2. The molecule has 2 rings (SSSR count). The van der Waals surface area contributed by atoms with E-state index in [2.05, 4.69) is 0 Å². The van der Waals surface area contributed by atoms with Crippen molar-refractivity contribution in [2.24, 2.45) is 0 Å². The minimum atomic E-state index is 0.0319. The van der Waals surface area contributed by atoms with Crippen LogP contribution in [0.2, 0.25) is 0 Å². The average molecular weight is 216 g/mol. The Labute approximate surface area is 93.6 Å². The van der Waals surface area contributed by atoms with E-state index in [0.29, 0.717) is 11.3 Å². The normalized spacial score (nSPS) is 10.1. The van der Waals surface area contributed by atoms with Crippen LogP contribution in [-0.4, -0.2) is 17.3 Å². The van der Waals surface area contributed by atoms with Gasteiger partial charge in [-0.25, -0.2) is 0 Å². The van der Waals surface area contributed by atoms with Gasteiger partial charge in [0.15, 0.2) is 0 Å². The molecule has 3 heteroatoms. The van der Waals surface area contributed by atoms with Gasteiger partial charge in [-0.15, -0.1) is 0 Å². The predicted molar refractivity (Wildman–Crippen MR) is 61.8 cm³/mol. The summed E-state index contributed by atoms with van der Waals surface area (Å²) in [5.74, 6) is 0.754. The fourth-order valence-corrected chi connectivity index (χ4v) is 1.61. The summed E-state index contributed by atoms with van der Waals surface area (Å²) < 4.78 is 5.21. The van der Waals surface area contributed by atoms with Crippen molar-refractivity contribution in [3.05, 3.63) is 42.5 Å². The Bertz CT molecular complexity index is 506. The first-order chi connectivity index (χ1) is 7.72. The summed E-state index contributed by atoms with van der Waals surface area (Å²) in [7, 11) is 1.58. The van der Waals surface area contributed by atoms with Crippen molar-refractivity contribution in [3.8, 4) is 28.4 Å². The van der Waals surface area contributed by atoms with E-state index in [-0.39, 0.29) is 11.5 Å². The second kappa shape index (κ2) is 4.14. The van der Waals surface area contributed by atoms with Crippen LogP contribution in [0.1, 0.15) is 0 Å². The van der Waals surface area contributed by atoms with Gasteiger partial charge in [-0.3, -0.25) is 0 Å². The van der Waals surface area contributed by atoms with Crippen molar-refractivity contribution >= 4 is 0 Å². The molecular formula is C13H12O3. The van der Waals surface area contributed by atoms with Crippen LogP contribution in [0.15, 0.2) is 42.5 Å². The standard InChI is InChI=1S/C13H12O3/c1-16-13-5-3-2-4-11(13)10-7-6-9(14)8-12(10)15/h2-8,14-15H,1H3. The lowest BCUT2D eigenvalue weighted by molar-refractivity contribution is 0.415. The van der Waals surface area contributed by atoms with Crippen LogP contribution in [0.25, 0.3) is 11.1 Å². The minimum absolute atomic E-state index is 0.0319. The molecule has 0 atom stereocenters. The van der Waals surface area contributed by atoms with E-state index >= 15 is 0 Å². The van der Waals surface area contributed by atoms with Crippen molar-refractivity contribution in [2.45, 2.75) is 0 Å².